The predicted octanol–water partition coefficient (Wildman–Crippen LogP) is 3.57. The van der Waals surface area contributed by atoms with Gasteiger partial charge < -0.3 is 19.9 Å². The van der Waals surface area contributed by atoms with Gasteiger partial charge in [-0.2, -0.15) is 0 Å². The number of unbranched alkanes of at least 4 members (excludes halogenated alkanes) is 1. The minimum absolute atomic E-state index is 0.0632. The lowest BCUT2D eigenvalue weighted by Crippen LogP contribution is -2.07. The van der Waals surface area contributed by atoms with Gasteiger partial charge in [-0.3, -0.25) is 9.79 Å². The maximum atomic E-state index is 11.5. The molecule has 5 N–H and O–H groups in total. The molecule has 11 nitrogen and oxygen atoms in total. The number of aliphatic imine (C=N–C) groups is 1. The number of pyridine rings is 1. The van der Waals surface area contributed by atoms with E-state index in [1.54, 1.807) is 12.1 Å². The number of isocyanates is 1. The molecule has 182 valence electrons. The summed E-state index contributed by atoms with van der Waals surface area (Å²) in [5, 5.41) is 10.8. The quantitative estimate of drug-likeness (QED) is 0.153. The van der Waals surface area contributed by atoms with Gasteiger partial charge >= 0.3 is 7.82 Å². The van der Waals surface area contributed by atoms with E-state index in [0.29, 0.717) is 34.4 Å². The summed E-state index contributed by atoms with van der Waals surface area (Å²) < 4.78 is 18.3. The number of fused-ring (bicyclic) bond motifs is 3. The van der Waals surface area contributed by atoms with Gasteiger partial charge in [0.25, 0.3) is 0 Å². The summed E-state index contributed by atoms with van der Waals surface area (Å²) in [4.78, 5) is 42.2. The van der Waals surface area contributed by atoms with Crippen LogP contribution in [0.1, 0.15) is 36.7 Å². The molecule has 0 bridgehead atoms. The molecule has 0 spiro atoms. The average Bonchev–Trinajstić information content (AvgIpc) is 3.16. The highest BCUT2D eigenvalue weighted by molar-refractivity contribution is 7.46. The van der Waals surface area contributed by atoms with Crippen molar-refractivity contribution >= 4 is 41.7 Å². The summed E-state index contributed by atoms with van der Waals surface area (Å²) in [6, 6.07) is 9.40. The van der Waals surface area contributed by atoms with Gasteiger partial charge in [0.1, 0.15) is 22.8 Å². The highest BCUT2D eigenvalue weighted by atomic mass is 31.2. The summed E-state index contributed by atoms with van der Waals surface area (Å²) in [6.07, 6.45) is 3.92. The van der Waals surface area contributed by atoms with E-state index in [1.807, 2.05) is 10.6 Å². The van der Waals surface area contributed by atoms with Crippen molar-refractivity contribution < 1.29 is 28.8 Å². The minimum Gasteiger partial charge on any atom is -0.508 e. The van der Waals surface area contributed by atoms with Crippen molar-refractivity contribution in [1.82, 2.24) is 14.5 Å². The molecule has 0 aliphatic heterocycles. The van der Waals surface area contributed by atoms with E-state index in [4.69, 9.17) is 15.2 Å². The Hall–Kier alpha value is -3.75. The summed E-state index contributed by atoms with van der Waals surface area (Å²) >= 11 is 0. The second-order valence-corrected chi connectivity index (χ2v) is 9.21. The van der Waals surface area contributed by atoms with Gasteiger partial charge in [-0.15, -0.1) is 0 Å². The van der Waals surface area contributed by atoms with Crippen LogP contribution in [0.15, 0.2) is 41.4 Å². The number of aromatic hydroxyl groups is 1. The smallest absolute Gasteiger partial charge is 0.508 e. The number of nitrogen functional groups attached to an aromatic ring is 1. The number of aryl methyl sites for hydroxylation is 1. The summed E-state index contributed by atoms with van der Waals surface area (Å²) in [6.45, 7) is 2.29. The lowest BCUT2D eigenvalue weighted by molar-refractivity contribution is 0.282. The maximum Gasteiger partial charge on any atom is 0.524 e. The minimum atomic E-state index is -4.84. The third-order valence-corrected chi connectivity index (χ3v) is 5.95. The normalized spacial score (nSPS) is 11.6. The molecule has 35 heavy (non-hydrogen) atoms. The molecule has 2 heterocycles. The highest BCUT2D eigenvalue weighted by Gasteiger charge is 2.22. The Morgan fingerprint density at radius 3 is 2.71 bits per heavy atom. The van der Waals surface area contributed by atoms with Crippen molar-refractivity contribution in [3.8, 4) is 11.5 Å². The average molecular weight is 497 g/mol. The Bertz CT molecular complexity index is 1510. The van der Waals surface area contributed by atoms with Crippen LogP contribution in [-0.2, 0) is 28.9 Å². The molecule has 4 aromatic rings. The fourth-order valence-corrected chi connectivity index (χ4v) is 4.43. The molecule has 0 saturated heterocycles. The standard InChI is InChI=1S/C23H24N5O6P/c1-2-3-4-20-27-21-22(17-9-14(11-25-13-29)5-7-18(17)26-23(21)24)28(20)12-15-10-16(30)6-8-19(15)34-35(31,32)33/h5-10,30H,2-4,11-12H2,1H3,(H2,24,26)(H2,31,32,33). The Morgan fingerprint density at radius 2 is 2.00 bits per heavy atom. The van der Waals surface area contributed by atoms with Gasteiger partial charge in [0.15, 0.2) is 5.82 Å². The molecule has 4 rings (SSSR count). The Kier molecular flexibility index (Phi) is 6.86. The molecule has 0 atom stereocenters. The van der Waals surface area contributed by atoms with Crippen LogP contribution in [0.5, 0.6) is 11.5 Å². The predicted molar refractivity (Wildman–Crippen MR) is 130 cm³/mol. The number of phosphoric acid groups is 1. The number of anilines is 1. The lowest BCUT2D eigenvalue weighted by Gasteiger charge is -2.16. The number of imidazole rings is 1. The van der Waals surface area contributed by atoms with Crippen molar-refractivity contribution in [3.63, 3.8) is 0 Å². The van der Waals surface area contributed by atoms with Gasteiger partial charge in [-0.05, 0) is 42.3 Å². The highest BCUT2D eigenvalue weighted by Crippen LogP contribution is 2.41. The topological polar surface area (TPSA) is 173 Å². The molecule has 0 unspecified atom stereocenters. The van der Waals surface area contributed by atoms with E-state index in [2.05, 4.69) is 16.9 Å². The number of benzene rings is 2. The number of rotatable bonds is 9. The van der Waals surface area contributed by atoms with Crippen LogP contribution in [0.25, 0.3) is 21.9 Å². The molecule has 0 amide bonds. The Morgan fingerprint density at radius 1 is 1.20 bits per heavy atom. The molecule has 12 heteroatoms. The Balaban J connectivity index is 1.97. The number of nitrogens with two attached hydrogens (primary N) is 1. The number of carbonyl (C=O) groups excluding carboxylic acids is 1. The number of phosphoric ester groups is 1. The number of phenols is 1. The van der Waals surface area contributed by atoms with E-state index < -0.39 is 7.82 Å². The van der Waals surface area contributed by atoms with Crippen LogP contribution in [-0.4, -0.2) is 35.5 Å². The third-order valence-electron chi connectivity index (χ3n) is 5.52. The van der Waals surface area contributed by atoms with E-state index in [9.17, 15) is 24.3 Å². The van der Waals surface area contributed by atoms with Crippen LogP contribution in [0.2, 0.25) is 0 Å². The lowest BCUT2D eigenvalue weighted by atomic mass is 10.1. The van der Waals surface area contributed by atoms with Crippen LogP contribution in [0.3, 0.4) is 0 Å². The van der Waals surface area contributed by atoms with E-state index >= 15 is 0 Å². The van der Waals surface area contributed by atoms with Crippen molar-refractivity contribution in [1.29, 1.82) is 0 Å². The first-order valence-electron chi connectivity index (χ1n) is 10.9. The van der Waals surface area contributed by atoms with Crippen molar-refractivity contribution in [2.45, 2.75) is 39.3 Å². The third kappa shape index (κ3) is 5.34. The summed E-state index contributed by atoms with van der Waals surface area (Å²) in [5.41, 5.74) is 9.13. The van der Waals surface area contributed by atoms with E-state index in [0.717, 1.165) is 23.8 Å². The largest absolute Gasteiger partial charge is 0.524 e. The number of hydrogen-bond acceptors (Lipinski definition) is 8. The first kappa shape index (κ1) is 24.4. The fourth-order valence-electron chi connectivity index (χ4n) is 4.00. The second-order valence-electron chi connectivity index (χ2n) is 8.04. The summed E-state index contributed by atoms with van der Waals surface area (Å²) in [5.74, 6) is 0.791. The second kappa shape index (κ2) is 9.85. The molecule has 2 aromatic heterocycles. The van der Waals surface area contributed by atoms with Crippen molar-refractivity contribution in [2.75, 3.05) is 5.73 Å². The molecular formula is C23H24N5O6P. The molecule has 0 fully saturated rings. The fraction of sp³-hybridized carbons (Fsp3) is 0.261. The van der Waals surface area contributed by atoms with Crippen LogP contribution >= 0.6 is 7.82 Å². The van der Waals surface area contributed by atoms with Crippen LogP contribution in [0, 0.1) is 0 Å². The van der Waals surface area contributed by atoms with E-state index in [-0.39, 0.29) is 30.4 Å². The molecule has 0 radical (unpaired) electrons. The zero-order chi connectivity index (χ0) is 25.2. The monoisotopic (exact) mass is 497 g/mol. The van der Waals surface area contributed by atoms with Gasteiger partial charge in [-0.25, -0.2) is 24.3 Å². The number of aromatic nitrogens is 3. The van der Waals surface area contributed by atoms with Gasteiger partial charge in [-0.1, -0.05) is 19.4 Å². The summed E-state index contributed by atoms with van der Waals surface area (Å²) in [7, 11) is -4.84. The van der Waals surface area contributed by atoms with Crippen molar-refractivity contribution in [2.24, 2.45) is 4.99 Å². The number of nitrogens with zero attached hydrogens (tertiary/aromatic N) is 4. The Labute approximate surface area is 200 Å². The molecule has 0 aliphatic carbocycles. The molecular weight excluding hydrogens is 473 g/mol. The van der Waals surface area contributed by atoms with Crippen LogP contribution < -0.4 is 10.3 Å². The van der Waals surface area contributed by atoms with Gasteiger partial charge in [0.05, 0.1) is 24.1 Å². The number of hydrogen-bond donors (Lipinski definition) is 4. The first-order valence-corrected chi connectivity index (χ1v) is 12.4. The SMILES string of the molecule is CCCCc1nc2c(N)nc3ccc(CN=C=O)cc3c2n1Cc1cc(O)ccc1OP(=O)(O)O. The van der Waals surface area contributed by atoms with Gasteiger partial charge in [0.2, 0.25) is 6.08 Å². The molecule has 0 saturated carbocycles. The zero-order valence-electron chi connectivity index (χ0n) is 18.9. The zero-order valence-corrected chi connectivity index (χ0v) is 19.8. The van der Waals surface area contributed by atoms with E-state index in [1.165, 1.54) is 24.3 Å². The van der Waals surface area contributed by atoms with Crippen molar-refractivity contribution in [3.05, 3.63) is 53.3 Å². The number of phenolic OH excluding ortho intramolecular Hbond substituents is 1. The van der Waals surface area contributed by atoms with Gasteiger partial charge in [0, 0.05) is 17.4 Å². The van der Waals surface area contributed by atoms with Crippen LogP contribution in [0.4, 0.5) is 5.82 Å². The maximum absolute atomic E-state index is 11.5. The first-order chi connectivity index (χ1) is 16.7. The molecule has 0 aliphatic rings. The molecule has 2 aromatic carbocycles.